The van der Waals surface area contributed by atoms with Gasteiger partial charge >= 0.3 is 0 Å². The molecule has 0 fully saturated rings. The number of amides is 1. The first-order valence-electron chi connectivity index (χ1n) is 3.62. The van der Waals surface area contributed by atoms with Gasteiger partial charge in [0.2, 0.25) is 5.91 Å². The van der Waals surface area contributed by atoms with Crippen molar-refractivity contribution in [1.82, 2.24) is 0 Å². The Morgan fingerprint density at radius 2 is 2.08 bits per heavy atom. The van der Waals surface area contributed by atoms with Crippen molar-refractivity contribution < 1.29 is 4.79 Å². The van der Waals surface area contributed by atoms with Crippen LogP contribution in [-0.4, -0.2) is 5.91 Å². The molecule has 68 valence electrons. The summed E-state index contributed by atoms with van der Waals surface area (Å²) in [6.45, 7) is 0. The summed E-state index contributed by atoms with van der Waals surface area (Å²) in [6.07, 6.45) is 1.16. The Balaban J connectivity index is 3.02. The van der Waals surface area contributed by atoms with Crippen LogP contribution in [0.15, 0.2) is 30.3 Å². The fourth-order valence-electron chi connectivity index (χ4n) is 0.905. The summed E-state index contributed by atoms with van der Waals surface area (Å²) in [7, 11) is 0. The molecule has 0 aliphatic heterocycles. The van der Waals surface area contributed by atoms with E-state index < -0.39 is 5.91 Å². The van der Waals surface area contributed by atoms with Crippen LogP contribution in [0.2, 0.25) is 5.02 Å². The smallest absolute Gasteiger partial charge is 0.243 e. The highest BCUT2D eigenvalue weighted by Gasteiger charge is 1.98. The molecule has 4 heteroatoms. The zero-order chi connectivity index (χ0) is 9.84. The number of rotatable bonds is 2. The van der Waals surface area contributed by atoms with Gasteiger partial charge < -0.3 is 11.5 Å². The first-order chi connectivity index (χ1) is 6.09. The van der Waals surface area contributed by atoms with Crippen LogP contribution in [0.25, 0.3) is 5.70 Å². The van der Waals surface area contributed by atoms with E-state index in [1.54, 1.807) is 24.3 Å². The van der Waals surface area contributed by atoms with Gasteiger partial charge in [-0.05, 0) is 17.7 Å². The monoisotopic (exact) mass is 196 g/mol. The summed E-state index contributed by atoms with van der Waals surface area (Å²) in [4.78, 5) is 10.5. The number of carbonyl (C=O) groups is 1. The Labute approximate surface area is 81.0 Å². The molecule has 0 aliphatic carbocycles. The first kappa shape index (κ1) is 9.61. The molecule has 1 rings (SSSR count). The molecule has 0 aromatic heterocycles. The third kappa shape index (κ3) is 2.80. The molecule has 1 aromatic carbocycles. The van der Waals surface area contributed by atoms with E-state index in [0.717, 1.165) is 6.08 Å². The minimum atomic E-state index is -0.572. The van der Waals surface area contributed by atoms with E-state index in [9.17, 15) is 4.79 Å². The zero-order valence-corrected chi connectivity index (χ0v) is 7.58. The van der Waals surface area contributed by atoms with Crippen molar-refractivity contribution in [2.75, 3.05) is 0 Å². The SMILES string of the molecule is NC(=O)/C=C(\N)c1cccc(Cl)c1. The van der Waals surface area contributed by atoms with Crippen LogP contribution in [0.5, 0.6) is 0 Å². The maximum absolute atomic E-state index is 10.5. The number of hydrogen-bond donors (Lipinski definition) is 2. The highest BCUT2D eigenvalue weighted by atomic mass is 35.5. The van der Waals surface area contributed by atoms with Crippen LogP contribution in [0.4, 0.5) is 0 Å². The van der Waals surface area contributed by atoms with Gasteiger partial charge in [-0.1, -0.05) is 23.7 Å². The fraction of sp³-hybridized carbons (Fsp3) is 0. The van der Waals surface area contributed by atoms with E-state index in [2.05, 4.69) is 0 Å². The van der Waals surface area contributed by atoms with Gasteiger partial charge in [0.05, 0.1) is 0 Å². The van der Waals surface area contributed by atoms with E-state index in [4.69, 9.17) is 23.1 Å². The molecular formula is C9H9ClN2O. The van der Waals surface area contributed by atoms with Crippen molar-refractivity contribution in [3.05, 3.63) is 40.9 Å². The lowest BCUT2D eigenvalue weighted by Crippen LogP contribution is -2.09. The Bertz CT molecular complexity index is 360. The Morgan fingerprint density at radius 1 is 1.38 bits per heavy atom. The molecule has 0 spiro atoms. The maximum Gasteiger partial charge on any atom is 0.243 e. The van der Waals surface area contributed by atoms with Crippen molar-refractivity contribution >= 4 is 23.2 Å². The lowest BCUT2D eigenvalue weighted by atomic mass is 10.1. The molecule has 1 amide bonds. The highest BCUT2D eigenvalue weighted by Crippen LogP contribution is 2.14. The second-order valence-corrected chi connectivity index (χ2v) is 2.95. The molecule has 0 heterocycles. The molecule has 0 bridgehead atoms. The summed E-state index contributed by atoms with van der Waals surface area (Å²) < 4.78 is 0. The third-order valence-electron chi connectivity index (χ3n) is 1.46. The molecule has 0 saturated heterocycles. The quantitative estimate of drug-likeness (QED) is 0.697. The molecular weight excluding hydrogens is 188 g/mol. The van der Waals surface area contributed by atoms with Crippen molar-refractivity contribution in [3.63, 3.8) is 0 Å². The molecule has 0 unspecified atom stereocenters. The van der Waals surface area contributed by atoms with Crippen LogP contribution >= 0.6 is 11.6 Å². The highest BCUT2D eigenvalue weighted by molar-refractivity contribution is 6.30. The molecule has 0 aliphatic rings. The number of halogens is 1. The van der Waals surface area contributed by atoms with E-state index in [-0.39, 0.29) is 0 Å². The van der Waals surface area contributed by atoms with Gasteiger partial charge in [0.1, 0.15) is 0 Å². The summed E-state index contributed by atoms with van der Waals surface area (Å²) in [5.41, 5.74) is 11.5. The van der Waals surface area contributed by atoms with Gasteiger partial charge in [-0.15, -0.1) is 0 Å². The standard InChI is InChI=1S/C9H9ClN2O/c10-7-3-1-2-6(4-7)8(11)5-9(12)13/h1-5H,11H2,(H2,12,13)/b8-5-. The molecule has 3 nitrogen and oxygen atoms in total. The first-order valence-corrected chi connectivity index (χ1v) is 4.00. The van der Waals surface area contributed by atoms with Gasteiger partial charge in [-0.25, -0.2) is 0 Å². The summed E-state index contributed by atoms with van der Waals surface area (Å²) >= 11 is 5.73. The number of carbonyl (C=O) groups excluding carboxylic acids is 1. The van der Waals surface area contributed by atoms with Crippen LogP contribution in [0, 0.1) is 0 Å². The average molecular weight is 197 g/mol. The molecule has 13 heavy (non-hydrogen) atoms. The number of hydrogen-bond acceptors (Lipinski definition) is 2. The average Bonchev–Trinajstić information content (AvgIpc) is 2.03. The fourth-order valence-corrected chi connectivity index (χ4v) is 1.09. The lowest BCUT2D eigenvalue weighted by Gasteiger charge is -2.00. The van der Waals surface area contributed by atoms with Gasteiger partial charge in [0.25, 0.3) is 0 Å². The summed E-state index contributed by atoms with van der Waals surface area (Å²) in [5, 5.41) is 0.568. The topological polar surface area (TPSA) is 69.1 Å². The largest absolute Gasteiger partial charge is 0.398 e. The molecule has 1 aromatic rings. The van der Waals surface area contributed by atoms with E-state index in [1.165, 1.54) is 0 Å². The third-order valence-corrected chi connectivity index (χ3v) is 1.69. The molecule has 0 atom stereocenters. The second-order valence-electron chi connectivity index (χ2n) is 2.51. The van der Waals surface area contributed by atoms with Gasteiger partial charge in [0, 0.05) is 16.8 Å². The minimum absolute atomic E-state index is 0.315. The van der Waals surface area contributed by atoms with Crippen molar-refractivity contribution in [2.24, 2.45) is 11.5 Å². The number of primary amides is 1. The normalized spacial score (nSPS) is 11.3. The summed E-state index contributed by atoms with van der Waals surface area (Å²) in [5.74, 6) is -0.572. The van der Waals surface area contributed by atoms with Gasteiger partial charge in [0.15, 0.2) is 0 Å². The Kier molecular flexibility index (Phi) is 2.93. The zero-order valence-electron chi connectivity index (χ0n) is 6.83. The molecule has 0 radical (unpaired) electrons. The van der Waals surface area contributed by atoms with Crippen molar-refractivity contribution in [3.8, 4) is 0 Å². The predicted molar refractivity (Wildman–Crippen MR) is 52.8 cm³/mol. The lowest BCUT2D eigenvalue weighted by molar-refractivity contribution is -0.113. The van der Waals surface area contributed by atoms with Gasteiger partial charge in [-0.3, -0.25) is 4.79 Å². The number of benzene rings is 1. The van der Waals surface area contributed by atoms with Crippen molar-refractivity contribution in [1.29, 1.82) is 0 Å². The van der Waals surface area contributed by atoms with Crippen LogP contribution in [0.1, 0.15) is 5.56 Å². The second kappa shape index (κ2) is 3.96. The minimum Gasteiger partial charge on any atom is -0.398 e. The van der Waals surface area contributed by atoms with E-state index in [0.29, 0.717) is 16.3 Å². The van der Waals surface area contributed by atoms with Crippen LogP contribution in [0.3, 0.4) is 0 Å². The Hall–Kier alpha value is -1.48. The molecule has 0 saturated carbocycles. The molecule has 4 N–H and O–H groups in total. The number of nitrogens with two attached hydrogens (primary N) is 2. The van der Waals surface area contributed by atoms with Gasteiger partial charge in [-0.2, -0.15) is 0 Å². The van der Waals surface area contributed by atoms with E-state index >= 15 is 0 Å². The van der Waals surface area contributed by atoms with Crippen LogP contribution in [-0.2, 0) is 4.79 Å². The predicted octanol–water partition coefficient (Wildman–Crippen LogP) is 1.12. The maximum atomic E-state index is 10.5. The van der Waals surface area contributed by atoms with Crippen molar-refractivity contribution in [2.45, 2.75) is 0 Å². The summed E-state index contributed by atoms with van der Waals surface area (Å²) in [6, 6.07) is 6.89. The van der Waals surface area contributed by atoms with E-state index in [1.807, 2.05) is 0 Å². The Morgan fingerprint density at radius 3 is 2.62 bits per heavy atom. The van der Waals surface area contributed by atoms with Crippen LogP contribution < -0.4 is 11.5 Å².